The van der Waals surface area contributed by atoms with Crippen LogP contribution in [0.1, 0.15) is 16.1 Å². The zero-order valence-corrected chi connectivity index (χ0v) is 13.6. The average Bonchev–Trinajstić information content (AvgIpc) is 2.95. The van der Waals surface area contributed by atoms with Crippen LogP contribution in [0.3, 0.4) is 0 Å². The molecule has 0 spiro atoms. The Labute approximate surface area is 142 Å². The highest BCUT2D eigenvalue weighted by Gasteiger charge is 2.09. The van der Waals surface area contributed by atoms with Crippen molar-refractivity contribution in [3.05, 3.63) is 69.9 Å². The fraction of sp³-hybridized carbons (Fsp3) is 0.125. The number of nitrogens with one attached hydrogen (secondary N) is 1. The number of pyridine rings is 1. The summed E-state index contributed by atoms with van der Waals surface area (Å²) in [5, 5.41) is 12.9. The van der Waals surface area contributed by atoms with Crippen molar-refractivity contribution in [2.45, 2.75) is 12.8 Å². The number of amides is 1. The largest absolute Gasteiger partial charge is 0.300 e. The van der Waals surface area contributed by atoms with Crippen LogP contribution in [0.2, 0.25) is 5.02 Å². The van der Waals surface area contributed by atoms with Crippen LogP contribution in [0, 0.1) is 0 Å². The Balaban J connectivity index is 1.60. The maximum absolute atomic E-state index is 12.0. The Hall–Kier alpha value is -2.31. The van der Waals surface area contributed by atoms with Crippen LogP contribution >= 0.6 is 22.9 Å². The molecule has 7 heteroatoms. The second-order valence-corrected chi connectivity index (χ2v) is 6.39. The lowest BCUT2D eigenvalue weighted by Crippen LogP contribution is -2.14. The average molecular weight is 345 g/mol. The van der Waals surface area contributed by atoms with Gasteiger partial charge in [-0.2, -0.15) is 0 Å². The van der Waals surface area contributed by atoms with Crippen LogP contribution in [0.5, 0.6) is 0 Å². The SMILES string of the molecule is O=C(Cc1cccnc1)Nc1nnc(Cc2cccc(Cl)c2)s1. The zero-order chi connectivity index (χ0) is 16.1. The lowest BCUT2D eigenvalue weighted by Gasteiger charge is -2.00. The number of hydrogen-bond acceptors (Lipinski definition) is 5. The van der Waals surface area contributed by atoms with E-state index in [4.69, 9.17) is 11.6 Å². The second kappa shape index (κ2) is 7.30. The van der Waals surface area contributed by atoms with Crippen molar-refractivity contribution in [2.24, 2.45) is 0 Å². The van der Waals surface area contributed by atoms with E-state index in [1.54, 1.807) is 18.5 Å². The number of rotatable bonds is 5. The van der Waals surface area contributed by atoms with Gasteiger partial charge < -0.3 is 5.32 Å². The first kappa shape index (κ1) is 15.6. The van der Waals surface area contributed by atoms with Gasteiger partial charge in [0.1, 0.15) is 5.01 Å². The minimum Gasteiger partial charge on any atom is -0.300 e. The fourth-order valence-electron chi connectivity index (χ4n) is 2.05. The first-order chi connectivity index (χ1) is 11.2. The number of anilines is 1. The van der Waals surface area contributed by atoms with Crippen LogP contribution in [-0.4, -0.2) is 21.1 Å². The first-order valence-electron chi connectivity index (χ1n) is 6.94. The Morgan fingerprint density at radius 3 is 2.83 bits per heavy atom. The molecule has 3 rings (SSSR count). The summed E-state index contributed by atoms with van der Waals surface area (Å²) in [6.45, 7) is 0. The Kier molecular flexibility index (Phi) is 4.95. The van der Waals surface area contributed by atoms with Crippen molar-refractivity contribution in [3.63, 3.8) is 0 Å². The first-order valence-corrected chi connectivity index (χ1v) is 8.14. The predicted molar refractivity (Wildman–Crippen MR) is 90.7 cm³/mol. The molecule has 0 aliphatic rings. The molecule has 1 aromatic carbocycles. The van der Waals surface area contributed by atoms with Gasteiger partial charge in [0.15, 0.2) is 0 Å². The second-order valence-electron chi connectivity index (χ2n) is 4.89. The van der Waals surface area contributed by atoms with Crippen molar-refractivity contribution in [3.8, 4) is 0 Å². The number of carbonyl (C=O) groups excluding carboxylic acids is 1. The molecule has 0 aliphatic carbocycles. The van der Waals surface area contributed by atoms with Crippen molar-refractivity contribution in [1.82, 2.24) is 15.2 Å². The van der Waals surface area contributed by atoms with Gasteiger partial charge in [0.05, 0.1) is 6.42 Å². The summed E-state index contributed by atoms with van der Waals surface area (Å²) in [5.41, 5.74) is 1.91. The molecule has 23 heavy (non-hydrogen) atoms. The quantitative estimate of drug-likeness (QED) is 0.770. The van der Waals surface area contributed by atoms with Crippen molar-refractivity contribution in [2.75, 3.05) is 5.32 Å². The van der Waals surface area contributed by atoms with Crippen LogP contribution < -0.4 is 5.32 Å². The summed E-state index contributed by atoms with van der Waals surface area (Å²) in [5.74, 6) is -0.136. The van der Waals surface area contributed by atoms with Gasteiger partial charge in [-0.05, 0) is 29.3 Å². The van der Waals surface area contributed by atoms with Gasteiger partial charge >= 0.3 is 0 Å². The van der Waals surface area contributed by atoms with Crippen LogP contribution in [0.4, 0.5) is 5.13 Å². The van der Waals surface area contributed by atoms with Crippen molar-refractivity contribution < 1.29 is 4.79 Å². The molecule has 0 bridgehead atoms. The molecule has 1 N–H and O–H groups in total. The third-order valence-corrected chi connectivity index (χ3v) is 4.12. The third-order valence-electron chi connectivity index (χ3n) is 3.05. The Bertz CT molecular complexity index is 807. The normalized spacial score (nSPS) is 10.5. The molecule has 0 fully saturated rings. The van der Waals surface area contributed by atoms with E-state index < -0.39 is 0 Å². The summed E-state index contributed by atoms with van der Waals surface area (Å²) in [6.07, 6.45) is 4.24. The van der Waals surface area contributed by atoms with Gasteiger partial charge in [0.25, 0.3) is 0 Å². The van der Waals surface area contributed by atoms with E-state index in [1.807, 2.05) is 30.3 Å². The topological polar surface area (TPSA) is 67.8 Å². The van der Waals surface area contributed by atoms with E-state index >= 15 is 0 Å². The summed E-state index contributed by atoms with van der Waals surface area (Å²) in [6, 6.07) is 11.3. The number of nitrogens with zero attached hydrogens (tertiary/aromatic N) is 3. The molecule has 2 aromatic heterocycles. The monoisotopic (exact) mass is 344 g/mol. The Morgan fingerprint density at radius 1 is 1.17 bits per heavy atom. The van der Waals surface area contributed by atoms with E-state index in [9.17, 15) is 4.79 Å². The molecular formula is C16H13ClN4OS. The van der Waals surface area contributed by atoms with E-state index in [-0.39, 0.29) is 12.3 Å². The highest BCUT2D eigenvalue weighted by molar-refractivity contribution is 7.15. The number of halogens is 1. The lowest BCUT2D eigenvalue weighted by molar-refractivity contribution is -0.115. The highest BCUT2D eigenvalue weighted by atomic mass is 35.5. The molecule has 0 aliphatic heterocycles. The number of benzene rings is 1. The van der Waals surface area contributed by atoms with Gasteiger partial charge in [0, 0.05) is 23.8 Å². The summed E-state index contributed by atoms with van der Waals surface area (Å²) < 4.78 is 0. The van der Waals surface area contributed by atoms with E-state index in [1.165, 1.54) is 11.3 Å². The van der Waals surface area contributed by atoms with Gasteiger partial charge in [-0.1, -0.05) is 41.1 Å². The number of carbonyl (C=O) groups is 1. The molecule has 3 aromatic rings. The minimum absolute atomic E-state index is 0.136. The predicted octanol–water partition coefficient (Wildman–Crippen LogP) is 3.36. The number of hydrogen-bond donors (Lipinski definition) is 1. The van der Waals surface area contributed by atoms with E-state index in [0.29, 0.717) is 16.6 Å². The highest BCUT2D eigenvalue weighted by Crippen LogP contribution is 2.20. The molecule has 0 saturated carbocycles. The molecule has 0 unspecified atom stereocenters. The van der Waals surface area contributed by atoms with Gasteiger partial charge in [-0.3, -0.25) is 9.78 Å². The maximum Gasteiger partial charge on any atom is 0.230 e. The van der Waals surface area contributed by atoms with Gasteiger partial charge in [-0.15, -0.1) is 10.2 Å². The minimum atomic E-state index is -0.136. The molecule has 2 heterocycles. The molecule has 1 amide bonds. The van der Waals surface area contributed by atoms with Crippen molar-refractivity contribution >= 4 is 34.0 Å². The lowest BCUT2D eigenvalue weighted by atomic mass is 10.2. The molecule has 0 radical (unpaired) electrons. The summed E-state index contributed by atoms with van der Waals surface area (Å²) in [7, 11) is 0. The maximum atomic E-state index is 12.0. The fourth-order valence-corrected chi connectivity index (χ4v) is 3.05. The third kappa shape index (κ3) is 4.58. The van der Waals surface area contributed by atoms with E-state index in [2.05, 4.69) is 20.5 Å². The summed E-state index contributed by atoms with van der Waals surface area (Å²) >= 11 is 7.33. The molecular weight excluding hydrogens is 332 g/mol. The van der Waals surface area contributed by atoms with Crippen LogP contribution in [0.15, 0.2) is 48.8 Å². The molecule has 0 atom stereocenters. The molecule has 5 nitrogen and oxygen atoms in total. The van der Waals surface area contributed by atoms with Crippen molar-refractivity contribution in [1.29, 1.82) is 0 Å². The smallest absolute Gasteiger partial charge is 0.230 e. The zero-order valence-electron chi connectivity index (χ0n) is 12.1. The van der Waals surface area contributed by atoms with Gasteiger partial charge in [-0.25, -0.2) is 0 Å². The standard InChI is InChI=1S/C16H13ClN4OS/c17-13-5-1-3-11(7-13)9-15-20-21-16(23-15)19-14(22)8-12-4-2-6-18-10-12/h1-7,10H,8-9H2,(H,19,21,22). The van der Waals surface area contributed by atoms with Gasteiger partial charge in [0.2, 0.25) is 11.0 Å². The number of aromatic nitrogens is 3. The van der Waals surface area contributed by atoms with E-state index in [0.717, 1.165) is 16.1 Å². The molecule has 116 valence electrons. The summed E-state index contributed by atoms with van der Waals surface area (Å²) in [4.78, 5) is 16.0. The van der Waals surface area contributed by atoms with Crippen LogP contribution in [0.25, 0.3) is 0 Å². The van der Waals surface area contributed by atoms with Crippen LogP contribution in [-0.2, 0) is 17.6 Å². The Morgan fingerprint density at radius 2 is 2.04 bits per heavy atom. The molecule has 0 saturated heterocycles.